The maximum atomic E-state index is 12.2. The van der Waals surface area contributed by atoms with Crippen LogP contribution in [0.4, 0.5) is 5.69 Å². The molecule has 1 aliphatic rings. The lowest BCUT2D eigenvalue weighted by Gasteiger charge is -2.06. The molecule has 1 aromatic heterocycles. The van der Waals surface area contributed by atoms with E-state index in [0.29, 0.717) is 22.2 Å². The van der Waals surface area contributed by atoms with Crippen molar-refractivity contribution in [1.82, 2.24) is 4.98 Å². The van der Waals surface area contributed by atoms with Crippen LogP contribution in [0.15, 0.2) is 54.7 Å². The molecular weight excluding hydrogens is 340 g/mol. The Kier molecular flexibility index (Phi) is 3.99. The molecule has 0 radical (unpaired) electrons. The van der Waals surface area contributed by atoms with E-state index in [1.54, 1.807) is 24.4 Å². The number of anilines is 1. The van der Waals surface area contributed by atoms with Crippen molar-refractivity contribution in [2.75, 3.05) is 12.1 Å². The van der Waals surface area contributed by atoms with Gasteiger partial charge in [0.1, 0.15) is 0 Å². The van der Waals surface area contributed by atoms with Crippen LogP contribution in [0.2, 0.25) is 5.02 Å². The van der Waals surface area contributed by atoms with E-state index < -0.39 is 0 Å². The molecule has 0 aliphatic carbocycles. The second kappa shape index (κ2) is 6.45. The largest absolute Gasteiger partial charge is 0.454 e. The maximum absolute atomic E-state index is 12.2. The van der Waals surface area contributed by atoms with Gasteiger partial charge in [-0.15, -0.1) is 0 Å². The average molecular weight is 353 g/mol. The molecule has 1 aliphatic heterocycles. The van der Waals surface area contributed by atoms with Gasteiger partial charge in [-0.2, -0.15) is 0 Å². The minimum absolute atomic E-state index is 0.150. The number of para-hydroxylation sites is 1. The van der Waals surface area contributed by atoms with Crippen LogP contribution in [0.5, 0.6) is 11.5 Å². The van der Waals surface area contributed by atoms with Gasteiger partial charge in [0.15, 0.2) is 11.5 Å². The molecule has 0 bridgehead atoms. The summed E-state index contributed by atoms with van der Waals surface area (Å²) in [5, 5.41) is 4.26. The molecule has 0 saturated heterocycles. The second-order valence-electron chi connectivity index (χ2n) is 5.44. The van der Waals surface area contributed by atoms with Gasteiger partial charge in [-0.3, -0.25) is 9.78 Å². The average Bonchev–Trinajstić information content (AvgIpc) is 3.10. The molecule has 0 fully saturated rings. The molecular formula is C19H13ClN2O3. The number of hydrogen-bond donors (Lipinski definition) is 1. The first-order chi connectivity index (χ1) is 12.2. The van der Waals surface area contributed by atoms with E-state index in [1.807, 2.05) is 30.3 Å². The van der Waals surface area contributed by atoms with Crippen LogP contribution >= 0.6 is 11.6 Å². The van der Waals surface area contributed by atoms with Crippen molar-refractivity contribution in [3.63, 3.8) is 0 Å². The quantitative estimate of drug-likeness (QED) is 0.715. The fourth-order valence-electron chi connectivity index (χ4n) is 2.63. The van der Waals surface area contributed by atoms with Gasteiger partial charge in [0, 0.05) is 17.7 Å². The molecule has 124 valence electrons. The summed E-state index contributed by atoms with van der Waals surface area (Å²) >= 11 is 6.14. The molecule has 0 saturated carbocycles. The highest BCUT2D eigenvalue weighted by Crippen LogP contribution is 2.40. The highest BCUT2D eigenvalue weighted by atomic mass is 35.5. The number of hydrogen-bond acceptors (Lipinski definition) is 4. The molecule has 0 spiro atoms. The Morgan fingerprint density at radius 1 is 1.20 bits per heavy atom. The molecule has 2 heterocycles. The summed E-state index contributed by atoms with van der Waals surface area (Å²) in [5.74, 6) is 0.850. The Morgan fingerprint density at radius 2 is 2.08 bits per heavy atom. The second-order valence-corrected chi connectivity index (χ2v) is 5.85. The first kappa shape index (κ1) is 15.5. The topological polar surface area (TPSA) is 60.5 Å². The predicted octanol–water partition coefficient (Wildman–Crippen LogP) is 4.27. The lowest BCUT2D eigenvalue weighted by molar-refractivity contribution is -0.111. The Morgan fingerprint density at radius 3 is 3.00 bits per heavy atom. The van der Waals surface area contributed by atoms with E-state index in [0.717, 1.165) is 16.5 Å². The Labute approximate surface area is 148 Å². The molecule has 5 nitrogen and oxygen atoms in total. The molecule has 6 heteroatoms. The summed E-state index contributed by atoms with van der Waals surface area (Å²) in [6.45, 7) is 0.150. The molecule has 1 N–H and O–H groups in total. The van der Waals surface area contributed by atoms with Crippen LogP contribution in [0.25, 0.3) is 17.0 Å². The third-order valence-electron chi connectivity index (χ3n) is 3.77. The zero-order valence-corrected chi connectivity index (χ0v) is 13.8. The third-order valence-corrected chi connectivity index (χ3v) is 4.05. The van der Waals surface area contributed by atoms with Crippen molar-refractivity contribution in [3.05, 3.63) is 65.3 Å². The molecule has 0 unspecified atom stereocenters. The van der Waals surface area contributed by atoms with Gasteiger partial charge in [-0.25, -0.2) is 0 Å². The Hall–Kier alpha value is -3.05. The molecule has 0 atom stereocenters. The van der Waals surface area contributed by atoms with E-state index >= 15 is 0 Å². The van der Waals surface area contributed by atoms with Gasteiger partial charge in [0.05, 0.1) is 16.2 Å². The fraction of sp³-hybridized carbons (Fsp3) is 0.0526. The first-order valence-electron chi connectivity index (χ1n) is 7.63. The number of amides is 1. The smallest absolute Gasteiger partial charge is 0.248 e. The summed E-state index contributed by atoms with van der Waals surface area (Å²) in [7, 11) is 0. The Balaban J connectivity index is 1.54. The zero-order chi connectivity index (χ0) is 17.2. The number of halogens is 1. The number of carbonyl (C=O) groups is 1. The lowest BCUT2D eigenvalue weighted by atomic mass is 10.1. The normalized spacial score (nSPS) is 12.7. The number of pyridine rings is 1. The number of fused-ring (bicyclic) bond motifs is 2. The summed E-state index contributed by atoms with van der Waals surface area (Å²) < 4.78 is 10.6. The van der Waals surface area contributed by atoms with Crippen molar-refractivity contribution in [1.29, 1.82) is 0 Å². The van der Waals surface area contributed by atoms with E-state index in [1.165, 1.54) is 6.08 Å². The van der Waals surface area contributed by atoms with Crippen molar-refractivity contribution in [2.45, 2.75) is 0 Å². The summed E-state index contributed by atoms with van der Waals surface area (Å²) in [5.41, 5.74) is 2.16. The van der Waals surface area contributed by atoms with Gasteiger partial charge in [-0.1, -0.05) is 29.8 Å². The van der Waals surface area contributed by atoms with Gasteiger partial charge >= 0.3 is 0 Å². The van der Waals surface area contributed by atoms with Crippen molar-refractivity contribution < 1.29 is 14.3 Å². The molecule has 3 aromatic rings. The number of carbonyl (C=O) groups excluding carboxylic acids is 1. The van der Waals surface area contributed by atoms with Crippen LogP contribution in [0, 0.1) is 0 Å². The highest BCUT2D eigenvalue weighted by molar-refractivity contribution is 6.32. The number of ether oxygens (including phenoxy) is 2. The van der Waals surface area contributed by atoms with E-state index in [-0.39, 0.29) is 12.7 Å². The first-order valence-corrected chi connectivity index (χ1v) is 8.00. The van der Waals surface area contributed by atoms with Crippen LogP contribution < -0.4 is 14.8 Å². The number of nitrogens with one attached hydrogen (secondary N) is 1. The number of rotatable bonds is 3. The van der Waals surface area contributed by atoms with Crippen LogP contribution in [-0.2, 0) is 4.79 Å². The minimum atomic E-state index is -0.257. The number of aromatic nitrogens is 1. The van der Waals surface area contributed by atoms with Crippen LogP contribution in [0.1, 0.15) is 5.56 Å². The van der Waals surface area contributed by atoms with E-state index in [2.05, 4.69) is 10.3 Å². The molecule has 1 amide bonds. The SMILES string of the molecule is O=C(/C=C/c1cc(Cl)c2c(c1)OCO2)Nc1cccc2cccnc12. The molecule has 2 aromatic carbocycles. The van der Waals surface area contributed by atoms with Gasteiger partial charge < -0.3 is 14.8 Å². The van der Waals surface area contributed by atoms with Gasteiger partial charge in [0.2, 0.25) is 12.7 Å². The minimum Gasteiger partial charge on any atom is -0.454 e. The van der Waals surface area contributed by atoms with E-state index in [9.17, 15) is 4.79 Å². The third kappa shape index (κ3) is 3.14. The zero-order valence-electron chi connectivity index (χ0n) is 13.0. The summed E-state index contributed by atoms with van der Waals surface area (Å²) in [4.78, 5) is 16.6. The van der Waals surface area contributed by atoms with Crippen LogP contribution in [0.3, 0.4) is 0 Å². The van der Waals surface area contributed by atoms with Crippen molar-refractivity contribution in [3.8, 4) is 11.5 Å². The molecule has 4 rings (SSSR count). The summed E-state index contributed by atoms with van der Waals surface area (Å²) in [6.07, 6.45) is 4.81. The lowest BCUT2D eigenvalue weighted by Crippen LogP contribution is -2.08. The Bertz CT molecular complexity index is 996. The summed E-state index contributed by atoms with van der Waals surface area (Å²) in [6, 6.07) is 12.9. The monoisotopic (exact) mass is 352 g/mol. The van der Waals surface area contributed by atoms with Gasteiger partial charge in [-0.05, 0) is 35.9 Å². The standard InChI is InChI=1S/C19H13ClN2O3/c20-14-9-12(10-16-19(14)25-11-24-16)6-7-17(23)22-15-5-1-3-13-4-2-8-21-18(13)15/h1-10H,11H2,(H,22,23)/b7-6+. The van der Waals surface area contributed by atoms with Crippen LogP contribution in [-0.4, -0.2) is 17.7 Å². The number of benzene rings is 2. The highest BCUT2D eigenvalue weighted by Gasteiger charge is 2.17. The van der Waals surface area contributed by atoms with Gasteiger partial charge in [0.25, 0.3) is 0 Å². The maximum Gasteiger partial charge on any atom is 0.248 e. The van der Waals surface area contributed by atoms with Crippen molar-refractivity contribution >= 4 is 40.2 Å². The molecule has 25 heavy (non-hydrogen) atoms. The predicted molar refractivity (Wildman–Crippen MR) is 97.0 cm³/mol. The van der Waals surface area contributed by atoms with Crippen molar-refractivity contribution in [2.24, 2.45) is 0 Å². The number of nitrogens with zero attached hydrogens (tertiary/aromatic N) is 1. The fourth-order valence-corrected chi connectivity index (χ4v) is 2.91. The van der Waals surface area contributed by atoms with E-state index in [4.69, 9.17) is 21.1 Å².